The van der Waals surface area contributed by atoms with Gasteiger partial charge in [-0.1, -0.05) is 34.3 Å². The molecule has 0 fully saturated rings. The van der Waals surface area contributed by atoms with Crippen LogP contribution in [0.25, 0.3) is 0 Å². The molecule has 4 heteroatoms. The van der Waals surface area contributed by atoms with Gasteiger partial charge in [0.25, 0.3) is 0 Å². The molecule has 1 heterocycles. The van der Waals surface area contributed by atoms with E-state index in [-0.39, 0.29) is 18.9 Å². The quantitative estimate of drug-likeness (QED) is 0.474. The first kappa shape index (κ1) is 12.8. The van der Waals surface area contributed by atoms with Crippen LogP contribution in [0.3, 0.4) is 0 Å². The summed E-state index contributed by atoms with van der Waals surface area (Å²) in [6, 6.07) is 9.57. The number of nitrogens with zero attached hydrogens (tertiary/aromatic N) is 1. The SMILES string of the molecule is C[C-]1CCCN=[S@@]1(=O)c1ccccc1.[Li+]. The van der Waals surface area contributed by atoms with Gasteiger partial charge in [0, 0.05) is 11.4 Å². The topological polar surface area (TPSA) is 29.4 Å². The van der Waals surface area contributed by atoms with Crippen LogP contribution in [0.2, 0.25) is 0 Å². The molecule has 1 aromatic rings. The first-order valence-electron chi connectivity index (χ1n) is 4.84. The van der Waals surface area contributed by atoms with Gasteiger partial charge >= 0.3 is 18.9 Å². The van der Waals surface area contributed by atoms with Crippen molar-refractivity contribution in [2.45, 2.75) is 24.7 Å². The summed E-state index contributed by atoms with van der Waals surface area (Å²) in [6.45, 7) is 2.68. The molecule has 0 unspecified atom stereocenters. The van der Waals surface area contributed by atoms with E-state index in [2.05, 4.69) is 4.36 Å². The van der Waals surface area contributed by atoms with Crippen LogP contribution in [-0.2, 0) is 9.73 Å². The van der Waals surface area contributed by atoms with Crippen LogP contribution >= 0.6 is 0 Å². The summed E-state index contributed by atoms with van der Waals surface area (Å²) in [5, 5.41) is 1.02. The predicted octanol–water partition coefficient (Wildman–Crippen LogP) is -0.137. The van der Waals surface area contributed by atoms with Gasteiger partial charge in [-0.2, -0.15) is 13.3 Å². The fourth-order valence-electron chi connectivity index (χ4n) is 1.65. The van der Waals surface area contributed by atoms with Crippen molar-refractivity contribution in [2.24, 2.45) is 4.36 Å². The number of benzene rings is 1. The van der Waals surface area contributed by atoms with Crippen LogP contribution in [0.5, 0.6) is 0 Å². The Balaban J connectivity index is 0.00000112. The first-order valence-corrected chi connectivity index (χ1v) is 6.35. The Labute approximate surface area is 104 Å². The molecule has 0 radical (unpaired) electrons. The molecule has 76 valence electrons. The summed E-state index contributed by atoms with van der Waals surface area (Å²) in [4.78, 5) is 0.859. The van der Waals surface area contributed by atoms with Gasteiger partial charge in [0.1, 0.15) is 0 Å². The largest absolute Gasteiger partial charge is 1.00 e. The fourth-order valence-corrected chi connectivity index (χ4v) is 3.76. The van der Waals surface area contributed by atoms with Crippen LogP contribution in [-0.4, -0.2) is 10.8 Å². The van der Waals surface area contributed by atoms with Crippen LogP contribution in [0.15, 0.2) is 39.6 Å². The van der Waals surface area contributed by atoms with Gasteiger partial charge in [-0.3, -0.25) is 8.57 Å². The van der Waals surface area contributed by atoms with Gasteiger partial charge < -0.3 is 0 Å². The normalized spacial score (nSPS) is 26.5. The summed E-state index contributed by atoms with van der Waals surface area (Å²) < 4.78 is 16.8. The molecule has 0 spiro atoms. The molecular formula is C11H14LiNOS. The van der Waals surface area contributed by atoms with Gasteiger partial charge in [0.15, 0.2) is 0 Å². The Hall–Kier alpha value is -0.233. The second-order valence-corrected chi connectivity index (χ2v) is 5.98. The van der Waals surface area contributed by atoms with E-state index in [0.29, 0.717) is 0 Å². The number of hydrogen-bond donors (Lipinski definition) is 0. The molecule has 1 atom stereocenters. The van der Waals surface area contributed by atoms with Crippen molar-refractivity contribution in [3.8, 4) is 0 Å². The predicted molar refractivity (Wildman–Crippen MR) is 58.3 cm³/mol. The van der Waals surface area contributed by atoms with Crippen LogP contribution in [0.4, 0.5) is 0 Å². The molecule has 0 aromatic heterocycles. The van der Waals surface area contributed by atoms with Crippen molar-refractivity contribution in [1.82, 2.24) is 0 Å². The van der Waals surface area contributed by atoms with E-state index in [9.17, 15) is 4.21 Å². The van der Waals surface area contributed by atoms with Crippen LogP contribution in [0.1, 0.15) is 19.8 Å². The molecule has 0 N–H and O–H groups in total. The molecule has 1 aliphatic heterocycles. The Morgan fingerprint density at radius 3 is 2.60 bits per heavy atom. The maximum atomic E-state index is 12.5. The van der Waals surface area contributed by atoms with E-state index in [4.69, 9.17) is 0 Å². The molecule has 0 bridgehead atoms. The average Bonchev–Trinajstić information content (AvgIpc) is 2.24. The zero-order valence-corrected chi connectivity index (χ0v) is 10.1. The second-order valence-electron chi connectivity index (χ2n) is 3.50. The van der Waals surface area contributed by atoms with Gasteiger partial charge in [-0.15, -0.1) is 0 Å². The minimum Gasteiger partial charge on any atom is -0.278 e. The van der Waals surface area contributed by atoms with Gasteiger partial charge in [0.2, 0.25) is 0 Å². The zero-order valence-electron chi connectivity index (χ0n) is 9.27. The zero-order chi connectivity index (χ0) is 10.0. The molecule has 2 rings (SSSR count). The van der Waals surface area contributed by atoms with Crippen molar-refractivity contribution >= 4 is 9.73 Å². The van der Waals surface area contributed by atoms with Crippen LogP contribution in [0, 0.1) is 5.25 Å². The summed E-state index contributed by atoms with van der Waals surface area (Å²) >= 11 is 0. The minimum absolute atomic E-state index is 0. The summed E-state index contributed by atoms with van der Waals surface area (Å²) in [5.41, 5.74) is 0. The smallest absolute Gasteiger partial charge is 0.278 e. The summed E-state index contributed by atoms with van der Waals surface area (Å²) in [6.07, 6.45) is 1.98. The Morgan fingerprint density at radius 2 is 2.00 bits per heavy atom. The average molecular weight is 215 g/mol. The van der Waals surface area contributed by atoms with Crippen molar-refractivity contribution < 1.29 is 23.1 Å². The number of hydrogen-bond acceptors (Lipinski definition) is 2. The van der Waals surface area contributed by atoms with Gasteiger partial charge in [-0.25, -0.2) is 5.25 Å². The monoisotopic (exact) mass is 215 g/mol. The first-order chi connectivity index (χ1) is 6.73. The van der Waals surface area contributed by atoms with Gasteiger partial charge in [0.05, 0.1) is 0 Å². The van der Waals surface area contributed by atoms with Gasteiger partial charge in [-0.05, 0) is 12.1 Å². The molecule has 0 aliphatic carbocycles. The van der Waals surface area contributed by atoms with Crippen molar-refractivity contribution in [2.75, 3.05) is 6.54 Å². The van der Waals surface area contributed by atoms with Crippen LogP contribution < -0.4 is 18.9 Å². The fraction of sp³-hybridized carbons (Fsp3) is 0.364. The van der Waals surface area contributed by atoms with Crippen molar-refractivity contribution in [1.29, 1.82) is 0 Å². The second kappa shape index (κ2) is 5.20. The molecule has 0 amide bonds. The van der Waals surface area contributed by atoms with E-state index in [0.717, 1.165) is 29.5 Å². The maximum absolute atomic E-state index is 12.5. The standard InChI is InChI=1S/C11H14NOS.Li/c1-10-6-5-9-12-14(10,13)11-7-3-2-4-8-11;/h2-4,7-8H,5-6,9H2,1H3;/q-1;+1/t14-;/m0./s1. The maximum Gasteiger partial charge on any atom is 1.00 e. The summed E-state index contributed by atoms with van der Waals surface area (Å²) in [7, 11) is -2.21. The molecule has 0 saturated carbocycles. The molecule has 0 saturated heterocycles. The summed E-state index contributed by atoms with van der Waals surface area (Å²) in [5.74, 6) is 0. The third-order valence-electron chi connectivity index (χ3n) is 2.50. The molecule has 2 nitrogen and oxygen atoms in total. The third kappa shape index (κ3) is 2.47. The third-order valence-corrected chi connectivity index (χ3v) is 5.10. The Kier molecular flexibility index (Phi) is 4.45. The molecule has 15 heavy (non-hydrogen) atoms. The van der Waals surface area contributed by atoms with E-state index in [1.54, 1.807) is 0 Å². The molecule has 1 aromatic carbocycles. The Bertz CT molecular complexity index is 423. The van der Waals surface area contributed by atoms with Crippen molar-refractivity contribution in [3.05, 3.63) is 35.6 Å². The number of rotatable bonds is 1. The molecular weight excluding hydrogens is 201 g/mol. The van der Waals surface area contributed by atoms with E-state index < -0.39 is 9.73 Å². The van der Waals surface area contributed by atoms with E-state index in [1.807, 2.05) is 37.3 Å². The van der Waals surface area contributed by atoms with Crippen molar-refractivity contribution in [3.63, 3.8) is 0 Å². The molecule has 1 aliphatic rings. The van der Waals surface area contributed by atoms with E-state index in [1.165, 1.54) is 0 Å². The minimum atomic E-state index is -2.21. The van der Waals surface area contributed by atoms with E-state index >= 15 is 0 Å². The Morgan fingerprint density at radius 1 is 1.33 bits per heavy atom.